The molecule has 1 aromatic heterocycles. The molecule has 1 heterocycles. The summed E-state index contributed by atoms with van der Waals surface area (Å²) in [6, 6.07) is 0. The third kappa shape index (κ3) is 13.7. The van der Waals surface area contributed by atoms with Crippen molar-refractivity contribution in [2.24, 2.45) is 46.3 Å². The minimum absolute atomic E-state index is 0.0137. The largest absolute Gasteiger partial charge is 0.394 e. The molecule has 45 heavy (non-hydrogen) atoms. The van der Waals surface area contributed by atoms with Crippen molar-refractivity contribution >= 4 is 11.8 Å². The maximum atomic E-state index is 14.2. The van der Waals surface area contributed by atoms with Crippen LogP contribution in [0.25, 0.3) is 0 Å². The van der Waals surface area contributed by atoms with Crippen LogP contribution in [0.1, 0.15) is 116 Å². The molecule has 0 saturated heterocycles. The molecule has 0 amide bonds. The molecular weight excluding hydrogens is 586 g/mol. The molecule has 8 nitrogen and oxygen atoms in total. The highest BCUT2D eigenvalue weighted by Gasteiger charge is 2.32. The van der Waals surface area contributed by atoms with Crippen LogP contribution in [0.2, 0.25) is 0 Å². The number of aliphatic hydroxyl groups is 1. The van der Waals surface area contributed by atoms with Gasteiger partial charge in [0.1, 0.15) is 0 Å². The van der Waals surface area contributed by atoms with Gasteiger partial charge in [-0.15, -0.1) is 0 Å². The lowest BCUT2D eigenvalue weighted by Gasteiger charge is -2.34. The first kappa shape index (κ1) is 41.7. The summed E-state index contributed by atoms with van der Waals surface area (Å²) >= 11 is 1.80. The Morgan fingerprint density at radius 2 is 1.07 bits per heavy atom. The molecule has 0 bridgehead atoms. The van der Waals surface area contributed by atoms with Gasteiger partial charge >= 0.3 is 17.1 Å². The van der Waals surface area contributed by atoms with E-state index in [1.54, 1.807) is 11.8 Å². The summed E-state index contributed by atoms with van der Waals surface area (Å²) in [5.74, 6) is 2.09. The average Bonchev–Trinajstić information content (AvgIpc) is 2.87. The Morgan fingerprint density at radius 1 is 0.667 bits per heavy atom. The second-order valence-corrected chi connectivity index (χ2v) is 19.0. The number of aliphatic hydroxyl groups excluding tert-OH is 1. The third-order valence-corrected chi connectivity index (χ3v) is 10.5. The van der Waals surface area contributed by atoms with Crippen LogP contribution in [-0.4, -0.2) is 49.1 Å². The number of aromatic nitrogens is 3. The van der Waals surface area contributed by atoms with Gasteiger partial charge in [-0.05, 0) is 65.6 Å². The molecule has 0 aromatic carbocycles. The zero-order chi connectivity index (χ0) is 34.9. The number of rotatable bonds is 19. The van der Waals surface area contributed by atoms with E-state index in [4.69, 9.17) is 9.84 Å². The first-order valence-electron chi connectivity index (χ1n) is 17.3. The fourth-order valence-corrected chi connectivity index (χ4v) is 7.20. The van der Waals surface area contributed by atoms with E-state index in [1.807, 2.05) is 0 Å². The fraction of sp³-hybridized carbons (Fsp3) is 0.917. The molecule has 1 N–H and O–H groups in total. The van der Waals surface area contributed by atoms with Crippen LogP contribution in [0.3, 0.4) is 0 Å². The SMILES string of the molecule is CC(C)CC(Cn1c(=O)n(CC(CC(C)(C)SCCOCCO)C(C)C)c(=O)n(CC(CC(C)C)C(C)(C)C)c1=O)C(C)(C)C. The number of hydrogen-bond donors (Lipinski definition) is 1. The van der Waals surface area contributed by atoms with Crippen molar-refractivity contribution in [1.29, 1.82) is 0 Å². The number of thioether (sulfide) groups is 1. The molecular formula is C36H69N3O5S. The first-order valence-corrected chi connectivity index (χ1v) is 18.3. The van der Waals surface area contributed by atoms with Crippen LogP contribution in [0, 0.1) is 46.3 Å². The van der Waals surface area contributed by atoms with Gasteiger partial charge in [-0.2, -0.15) is 11.8 Å². The standard InChI is InChI=1S/C36H69N3O5S/c1-25(2)19-29(34(7,8)9)23-38-31(41)37(22-28(27(5)6)21-36(13,14)45-18-17-44-16-15-40)32(42)39(33(38)43)24-30(20-26(3)4)35(10,11)12/h25-30,40H,15-24H2,1-14H3. The summed E-state index contributed by atoms with van der Waals surface area (Å²) in [6.45, 7) is 32.2. The van der Waals surface area contributed by atoms with E-state index in [-0.39, 0.29) is 52.4 Å². The zero-order valence-electron chi connectivity index (χ0n) is 31.4. The Balaban J connectivity index is 3.76. The molecule has 0 aliphatic carbocycles. The highest BCUT2D eigenvalue weighted by atomic mass is 32.2. The quantitative estimate of drug-likeness (QED) is 0.165. The van der Waals surface area contributed by atoms with E-state index in [1.165, 1.54) is 13.7 Å². The Kier molecular flexibility index (Phi) is 16.4. The Morgan fingerprint density at radius 3 is 1.40 bits per heavy atom. The average molecular weight is 656 g/mol. The van der Waals surface area contributed by atoms with Crippen LogP contribution in [0.5, 0.6) is 0 Å². The van der Waals surface area contributed by atoms with Gasteiger partial charge in [0.05, 0.1) is 19.8 Å². The predicted molar refractivity (Wildman–Crippen MR) is 191 cm³/mol. The molecule has 0 saturated carbocycles. The van der Waals surface area contributed by atoms with E-state index >= 15 is 0 Å². The van der Waals surface area contributed by atoms with E-state index in [9.17, 15) is 14.4 Å². The summed E-state index contributed by atoms with van der Waals surface area (Å²) in [5.41, 5.74) is -1.67. The molecule has 0 spiro atoms. The Bertz CT molecular complexity index is 1130. The van der Waals surface area contributed by atoms with Gasteiger partial charge in [-0.1, -0.05) is 96.9 Å². The van der Waals surface area contributed by atoms with Crippen molar-refractivity contribution in [3.63, 3.8) is 0 Å². The summed E-state index contributed by atoms with van der Waals surface area (Å²) in [4.78, 5) is 42.7. The van der Waals surface area contributed by atoms with Crippen molar-refractivity contribution in [2.75, 3.05) is 25.6 Å². The van der Waals surface area contributed by atoms with Gasteiger partial charge in [-0.25, -0.2) is 28.1 Å². The van der Waals surface area contributed by atoms with Crippen LogP contribution in [-0.2, 0) is 24.4 Å². The minimum Gasteiger partial charge on any atom is -0.394 e. The minimum atomic E-state index is -0.482. The van der Waals surface area contributed by atoms with Gasteiger partial charge < -0.3 is 9.84 Å². The van der Waals surface area contributed by atoms with Crippen LogP contribution >= 0.6 is 11.8 Å². The highest BCUT2D eigenvalue weighted by molar-refractivity contribution is 8.00. The summed E-state index contributed by atoms with van der Waals surface area (Å²) in [7, 11) is 0. The number of nitrogens with zero attached hydrogens (tertiary/aromatic N) is 3. The molecule has 3 unspecified atom stereocenters. The van der Waals surface area contributed by atoms with Crippen molar-refractivity contribution in [1.82, 2.24) is 13.7 Å². The molecule has 1 aromatic rings. The normalized spacial score (nSPS) is 15.3. The first-order chi connectivity index (χ1) is 20.5. The fourth-order valence-electron chi connectivity index (χ4n) is 6.11. The summed E-state index contributed by atoms with van der Waals surface area (Å²) in [6.07, 6.45) is 2.57. The molecule has 3 atom stereocenters. The smallest absolute Gasteiger partial charge is 0.336 e. The molecule has 0 aliphatic rings. The Hall–Kier alpha value is -1.32. The molecule has 9 heteroatoms. The third-order valence-electron chi connectivity index (χ3n) is 9.22. The number of hydrogen-bond acceptors (Lipinski definition) is 6. The lowest BCUT2D eigenvalue weighted by atomic mass is 9.76. The van der Waals surface area contributed by atoms with Gasteiger partial charge in [-0.3, -0.25) is 0 Å². The maximum absolute atomic E-state index is 14.2. The molecule has 0 fully saturated rings. The lowest BCUT2D eigenvalue weighted by Crippen LogP contribution is -2.57. The predicted octanol–water partition coefficient (Wildman–Crippen LogP) is 6.77. The molecule has 1 rings (SSSR count). The summed E-state index contributed by atoms with van der Waals surface area (Å²) in [5, 5.41) is 8.99. The highest BCUT2D eigenvalue weighted by Crippen LogP contribution is 2.35. The van der Waals surface area contributed by atoms with Gasteiger partial charge in [0.15, 0.2) is 0 Å². The molecule has 264 valence electrons. The molecule has 0 radical (unpaired) electrons. The van der Waals surface area contributed by atoms with E-state index < -0.39 is 17.1 Å². The van der Waals surface area contributed by atoms with Crippen LogP contribution in [0.15, 0.2) is 14.4 Å². The Labute approximate surface area is 278 Å². The van der Waals surface area contributed by atoms with Gasteiger partial charge in [0, 0.05) is 30.1 Å². The van der Waals surface area contributed by atoms with Crippen LogP contribution < -0.4 is 17.1 Å². The van der Waals surface area contributed by atoms with E-state index in [0.29, 0.717) is 38.1 Å². The van der Waals surface area contributed by atoms with Crippen molar-refractivity contribution in [3.8, 4) is 0 Å². The van der Waals surface area contributed by atoms with Gasteiger partial charge in [0.2, 0.25) is 0 Å². The number of ether oxygens (including phenoxy) is 1. The van der Waals surface area contributed by atoms with Crippen molar-refractivity contribution < 1.29 is 9.84 Å². The monoisotopic (exact) mass is 655 g/mol. The van der Waals surface area contributed by atoms with E-state index in [2.05, 4.69) is 96.9 Å². The second kappa shape index (κ2) is 17.7. The van der Waals surface area contributed by atoms with Crippen molar-refractivity contribution in [3.05, 3.63) is 31.5 Å². The topological polar surface area (TPSA) is 95.5 Å². The molecule has 0 aliphatic heterocycles. The maximum Gasteiger partial charge on any atom is 0.336 e. The zero-order valence-corrected chi connectivity index (χ0v) is 32.2. The second-order valence-electron chi connectivity index (χ2n) is 17.2. The lowest BCUT2D eigenvalue weighted by molar-refractivity contribution is 0.103. The van der Waals surface area contributed by atoms with E-state index in [0.717, 1.165) is 25.0 Å². The van der Waals surface area contributed by atoms with Crippen molar-refractivity contribution in [2.45, 2.75) is 141 Å². The summed E-state index contributed by atoms with van der Waals surface area (Å²) < 4.78 is 9.48. The van der Waals surface area contributed by atoms with Crippen LogP contribution in [0.4, 0.5) is 0 Å². The van der Waals surface area contributed by atoms with Gasteiger partial charge in [0.25, 0.3) is 0 Å².